The first-order valence-electron chi connectivity index (χ1n) is 7.88. The van der Waals surface area contributed by atoms with Gasteiger partial charge in [0.05, 0.1) is 11.8 Å². The molecular weight excluding hydrogens is 341 g/mol. The van der Waals surface area contributed by atoms with Crippen molar-refractivity contribution in [3.63, 3.8) is 0 Å². The highest BCUT2D eigenvalue weighted by Crippen LogP contribution is 2.31. The lowest BCUT2D eigenvalue weighted by molar-refractivity contribution is -0.145. The number of nitrogens with one attached hydrogen (secondary N) is 1. The molecule has 9 heteroatoms. The Hall–Kier alpha value is -1.87. The lowest BCUT2D eigenvalue weighted by atomic mass is 9.80. The molecule has 0 aromatic heterocycles. The molecule has 1 fully saturated rings. The molecule has 0 aromatic rings. The number of carbonyl (C=O) groups is 2. The van der Waals surface area contributed by atoms with Crippen LogP contribution in [0.15, 0.2) is 23.8 Å². The van der Waals surface area contributed by atoms with Gasteiger partial charge in [-0.2, -0.15) is 13.2 Å². The number of carboxylic acids is 2. The van der Waals surface area contributed by atoms with Crippen molar-refractivity contribution in [2.45, 2.75) is 25.9 Å². The SMILES string of the molecule is C[C@@]1(C(=O)O)C=CC=C(C(=O)O)C1.FC(F)(F)CCN1CCNCC1. The lowest BCUT2D eigenvalue weighted by Gasteiger charge is -2.27. The highest BCUT2D eigenvalue weighted by molar-refractivity contribution is 5.90. The first-order chi connectivity index (χ1) is 11.5. The number of alkyl halides is 3. The van der Waals surface area contributed by atoms with Gasteiger partial charge in [-0.1, -0.05) is 18.2 Å². The Bertz CT molecular complexity index is 540. The summed E-state index contributed by atoms with van der Waals surface area (Å²) >= 11 is 0. The van der Waals surface area contributed by atoms with Crippen molar-refractivity contribution in [1.29, 1.82) is 0 Å². The van der Waals surface area contributed by atoms with Crippen molar-refractivity contribution >= 4 is 11.9 Å². The molecule has 2 rings (SSSR count). The molecule has 0 saturated carbocycles. The third-order valence-corrected chi connectivity index (χ3v) is 4.00. The summed E-state index contributed by atoms with van der Waals surface area (Å²) in [5, 5.41) is 20.6. The summed E-state index contributed by atoms with van der Waals surface area (Å²) < 4.78 is 35.3. The van der Waals surface area contributed by atoms with Crippen LogP contribution in [0.1, 0.15) is 19.8 Å². The molecule has 0 spiro atoms. The monoisotopic (exact) mass is 364 g/mol. The van der Waals surface area contributed by atoms with E-state index in [1.807, 2.05) is 4.90 Å². The molecule has 0 bridgehead atoms. The smallest absolute Gasteiger partial charge is 0.390 e. The minimum Gasteiger partial charge on any atom is -0.481 e. The quantitative estimate of drug-likeness (QED) is 0.706. The van der Waals surface area contributed by atoms with Crippen LogP contribution in [-0.2, 0) is 9.59 Å². The van der Waals surface area contributed by atoms with Crippen LogP contribution in [0.5, 0.6) is 0 Å². The topological polar surface area (TPSA) is 89.9 Å². The Labute approximate surface area is 144 Å². The molecule has 0 aromatic carbocycles. The van der Waals surface area contributed by atoms with Gasteiger partial charge in [0.15, 0.2) is 0 Å². The largest absolute Gasteiger partial charge is 0.481 e. The zero-order valence-corrected chi connectivity index (χ0v) is 14.0. The van der Waals surface area contributed by atoms with Gasteiger partial charge < -0.3 is 20.4 Å². The number of piperazine rings is 1. The molecule has 0 amide bonds. The van der Waals surface area contributed by atoms with Gasteiger partial charge in [-0.25, -0.2) is 4.79 Å². The van der Waals surface area contributed by atoms with Crippen molar-refractivity contribution in [2.75, 3.05) is 32.7 Å². The molecule has 1 saturated heterocycles. The summed E-state index contributed by atoms with van der Waals surface area (Å²) in [6.07, 6.45) is -0.262. The minimum atomic E-state index is -4.01. The van der Waals surface area contributed by atoms with E-state index in [1.54, 1.807) is 0 Å². The van der Waals surface area contributed by atoms with Crippen molar-refractivity contribution in [3.05, 3.63) is 23.8 Å². The predicted molar refractivity (Wildman–Crippen MR) is 85.2 cm³/mol. The number of halogens is 3. The minimum absolute atomic E-state index is 0.0359. The van der Waals surface area contributed by atoms with E-state index >= 15 is 0 Å². The number of rotatable bonds is 4. The number of hydrogen-bond acceptors (Lipinski definition) is 4. The van der Waals surface area contributed by atoms with Crippen LogP contribution in [0.4, 0.5) is 13.2 Å². The standard InChI is InChI=1S/C9H10O4.C7H13F3N2/c1-9(8(12)13)4-2-3-6(5-9)7(10)11;8-7(9,10)1-4-12-5-2-11-3-6-12/h2-4H,5H2,1H3,(H,10,11)(H,12,13);11H,1-6H2/t9-;/m1./s1. The molecule has 25 heavy (non-hydrogen) atoms. The van der Waals surface area contributed by atoms with Gasteiger partial charge in [-0.15, -0.1) is 0 Å². The van der Waals surface area contributed by atoms with Gasteiger partial charge in [-0.3, -0.25) is 4.79 Å². The van der Waals surface area contributed by atoms with E-state index in [-0.39, 0.29) is 18.5 Å². The number of aliphatic carboxylic acids is 2. The maximum atomic E-state index is 11.8. The van der Waals surface area contributed by atoms with Crippen molar-refractivity contribution < 1.29 is 33.0 Å². The van der Waals surface area contributed by atoms with E-state index in [1.165, 1.54) is 25.2 Å². The zero-order valence-electron chi connectivity index (χ0n) is 14.0. The van der Waals surface area contributed by atoms with E-state index in [4.69, 9.17) is 10.2 Å². The summed E-state index contributed by atoms with van der Waals surface area (Å²) in [4.78, 5) is 23.2. The normalized spacial score (nSPS) is 24.1. The van der Waals surface area contributed by atoms with E-state index in [2.05, 4.69) is 5.32 Å². The van der Waals surface area contributed by atoms with Crippen LogP contribution in [0, 0.1) is 5.41 Å². The average Bonchev–Trinajstić information content (AvgIpc) is 2.54. The number of hydrogen-bond donors (Lipinski definition) is 3. The maximum Gasteiger partial charge on any atom is 0.390 e. The fraction of sp³-hybridized carbons (Fsp3) is 0.625. The van der Waals surface area contributed by atoms with Gasteiger partial charge >= 0.3 is 18.1 Å². The van der Waals surface area contributed by atoms with Gasteiger partial charge in [0, 0.05) is 38.3 Å². The number of carboxylic acid groups (broad SMARTS) is 2. The fourth-order valence-corrected chi connectivity index (χ4v) is 2.40. The molecule has 1 heterocycles. The molecule has 0 unspecified atom stereocenters. The third kappa shape index (κ3) is 7.70. The van der Waals surface area contributed by atoms with Gasteiger partial charge in [-0.05, 0) is 13.3 Å². The fourth-order valence-electron chi connectivity index (χ4n) is 2.40. The van der Waals surface area contributed by atoms with Crippen molar-refractivity contribution in [1.82, 2.24) is 10.2 Å². The Morgan fingerprint density at radius 3 is 2.36 bits per heavy atom. The second-order valence-electron chi connectivity index (χ2n) is 6.21. The Morgan fingerprint density at radius 2 is 1.88 bits per heavy atom. The summed E-state index contributed by atoms with van der Waals surface area (Å²) in [6, 6.07) is 0. The second kappa shape index (κ2) is 9.00. The first-order valence-corrected chi connectivity index (χ1v) is 7.88. The molecule has 142 valence electrons. The van der Waals surface area contributed by atoms with Crippen LogP contribution in [0.2, 0.25) is 0 Å². The molecule has 1 aliphatic carbocycles. The highest BCUT2D eigenvalue weighted by Gasteiger charge is 2.34. The Balaban J connectivity index is 0.000000251. The van der Waals surface area contributed by atoms with E-state index in [0.29, 0.717) is 0 Å². The summed E-state index contributed by atoms with van der Waals surface area (Å²) in [5.74, 6) is -2.06. The zero-order chi connectivity index (χ0) is 19.1. The van der Waals surface area contributed by atoms with E-state index in [0.717, 1.165) is 26.2 Å². The molecule has 0 radical (unpaired) electrons. The summed E-state index contributed by atoms with van der Waals surface area (Å²) in [6.45, 7) is 4.72. The van der Waals surface area contributed by atoms with Crippen LogP contribution < -0.4 is 5.32 Å². The van der Waals surface area contributed by atoms with Gasteiger partial charge in [0.2, 0.25) is 0 Å². The maximum absolute atomic E-state index is 11.8. The second-order valence-corrected chi connectivity index (χ2v) is 6.21. The van der Waals surface area contributed by atoms with Crippen LogP contribution in [0.25, 0.3) is 0 Å². The molecular formula is C16H23F3N2O4. The molecule has 1 aliphatic heterocycles. The van der Waals surface area contributed by atoms with Crippen LogP contribution >= 0.6 is 0 Å². The number of allylic oxidation sites excluding steroid dienone is 2. The highest BCUT2D eigenvalue weighted by atomic mass is 19.4. The lowest BCUT2D eigenvalue weighted by Crippen LogP contribution is -2.44. The van der Waals surface area contributed by atoms with Gasteiger partial charge in [0.1, 0.15) is 0 Å². The van der Waals surface area contributed by atoms with Crippen molar-refractivity contribution in [3.8, 4) is 0 Å². The van der Waals surface area contributed by atoms with Crippen molar-refractivity contribution in [2.24, 2.45) is 5.41 Å². The first kappa shape index (κ1) is 21.2. The number of nitrogens with zero attached hydrogens (tertiary/aromatic N) is 1. The molecule has 1 atom stereocenters. The van der Waals surface area contributed by atoms with E-state index in [9.17, 15) is 22.8 Å². The van der Waals surface area contributed by atoms with E-state index < -0.39 is 30.0 Å². The predicted octanol–water partition coefficient (Wildman–Crippen LogP) is 1.89. The summed E-state index contributed by atoms with van der Waals surface area (Å²) in [7, 11) is 0. The van der Waals surface area contributed by atoms with Crippen LogP contribution in [0.3, 0.4) is 0 Å². The van der Waals surface area contributed by atoms with Gasteiger partial charge in [0.25, 0.3) is 0 Å². The average molecular weight is 364 g/mol. The summed E-state index contributed by atoms with van der Waals surface area (Å²) in [5.41, 5.74) is -0.949. The third-order valence-electron chi connectivity index (χ3n) is 4.00. The molecule has 2 aliphatic rings. The van der Waals surface area contributed by atoms with Crippen LogP contribution in [-0.4, -0.2) is 66.0 Å². The molecule has 3 N–H and O–H groups in total. The Kier molecular flexibility index (Phi) is 7.62. The Morgan fingerprint density at radius 1 is 1.28 bits per heavy atom. The molecule has 6 nitrogen and oxygen atoms in total.